The van der Waals surface area contributed by atoms with Crippen molar-refractivity contribution in [1.82, 2.24) is 10.3 Å². The molecule has 0 saturated carbocycles. The van der Waals surface area contributed by atoms with Gasteiger partial charge in [0.05, 0.1) is 5.56 Å². The van der Waals surface area contributed by atoms with Crippen LogP contribution in [0.15, 0.2) is 30.5 Å². The van der Waals surface area contributed by atoms with Gasteiger partial charge in [-0.25, -0.2) is 4.98 Å². The van der Waals surface area contributed by atoms with Crippen molar-refractivity contribution in [3.63, 3.8) is 0 Å². The van der Waals surface area contributed by atoms with E-state index in [0.29, 0.717) is 12.1 Å². The van der Waals surface area contributed by atoms with E-state index < -0.39 is 10.8 Å². The number of pyridine rings is 1. The lowest BCUT2D eigenvalue weighted by Gasteiger charge is -2.12. The third-order valence-corrected chi connectivity index (χ3v) is 4.69. The molecule has 0 aliphatic heterocycles. The Hall–Kier alpha value is -1.95. The largest absolute Gasteiger partial charge is 0.373 e. The number of aromatic nitrogens is 1. The summed E-state index contributed by atoms with van der Waals surface area (Å²) in [6.07, 6.45) is 3.20. The predicted molar refractivity (Wildman–Crippen MR) is 87.2 cm³/mol. The van der Waals surface area contributed by atoms with Crippen LogP contribution < -0.4 is 10.6 Å². The van der Waals surface area contributed by atoms with Crippen molar-refractivity contribution < 1.29 is 9.00 Å². The number of fused-ring (bicyclic) bond motifs is 1. The van der Waals surface area contributed by atoms with Gasteiger partial charge in [-0.1, -0.05) is 24.3 Å². The first kappa shape index (κ1) is 15.4. The lowest BCUT2D eigenvalue weighted by molar-refractivity contribution is 0.0955. The van der Waals surface area contributed by atoms with E-state index in [4.69, 9.17) is 0 Å². The Bertz CT molecular complexity index is 688. The van der Waals surface area contributed by atoms with E-state index in [2.05, 4.69) is 15.6 Å². The fourth-order valence-corrected chi connectivity index (χ4v) is 2.34. The van der Waals surface area contributed by atoms with Crippen LogP contribution in [0.3, 0.4) is 0 Å². The SMILES string of the molecule is CNc1ncc(C(=O)NCC(C)S(C)=O)c2ccccc12. The Labute approximate surface area is 126 Å². The molecular weight excluding hydrogens is 286 g/mol. The normalized spacial score (nSPS) is 13.7. The van der Waals surface area contributed by atoms with Gasteiger partial charge in [0.25, 0.3) is 5.91 Å². The number of hydrogen-bond donors (Lipinski definition) is 2. The summed E-state index contributed by atoms with van der Waals surface area (Å²) < 4.78 is 11.3. The topological polar surface area (TPSA) is 71.1 Å². The first-order valence-electron chi connectivity index (χ1n) is 6.70. The highest BCUT2D eigenvalue weighted by molar-refractivity contribution is 7.84. The average molecular weight is 305 g/mol. The maximum Gasteiger partial charge on any atom is 0.253 e. The van der Waals surface area contributed by atoms with E-state index in [0.717, 1.165) is 16.6 Å². The summed E-state index contributed by atoms with van der Waals surface area (Å²) in [5, 5.41) is 7.51. The molecule has 1 heterocycles. The van der Waals surface area contributed by atoms with Gasteiger partial charge in [0.2, 0.25) is 0 Å². The monoisotopic (exact) mass is 305 g/mol. The van der Waals surface area contributed by atoms with E-state index in [1.807, 2.05) is 31.2 Å². The molecule has 1 amide bonds. The lowest BCUT2D eigenvalue weighted by atomic mass is 10.1. The molecule has 1 aromatic carbocycles. The van der Waals surface area contributed by atoms with Crippen LogP contribution in [0.2, 0.25) is 0 Å². The third kappa shape index (κ3) is 3.39. The molecule has 2 N–H and O–H groups in total. The molecule has 2 atom stereocenters. The van der Waals surface area contributed by atoms with Gasteiger partial charge in [0.15, 0.2) is 0 Å². The van der Waals surface area contributed by atoms with Gasteiger partial charge in [-0.05, 0) is 12.3 Å². The lowest BCUT2D eigenvalue weighted by Crippen LogP contribution is -2.32. The van der Waals surface area contributed by atoms with Gasteiger partial charge in [-0.2, -0.15) is 0 Å². The molecule has 0 aliphatic rings. The van der Waals surface area contributed by atoms with Crippen molar-refractivity contribution in [2.24, 2.45) is 0 Å². The summed E-state index contributed by atoms with van der Waals surface area (Å²) in [5.41, 5.74) is 0.527. The van der Waals surface area contributed by atoms with Gasteiger partial charge in [-0.15, -0.1) is 0 Å². The van der Waals surface area contributed by atoms with Gasteiger partial charge in [-0.3, -0.25) is 9.00 Å². The molecule has 0 aliphatic carbocycles. The van der Waals surface area contributed by atoms with Crippen LogP contribution in [-0.2, 0) is 10.8 Å². The van der Waals surface area contributed by atoms with Crippen LogP contribution in [0.5, 0.6) is 0 Å². The van der Waals surface area contributed by atoms with Crippen molar-refractivity contribution in [3.8, 4) is 0 Å². The number of carbonyl (C=O) groups excluding carboxylic acids is 1. The maximum atomic E-state index is 12.3. The van der Waals surface area contributed by atoms with Crippen molar-refractivity contribution in [2.75, 3.05) is 25.2 Å². The first-order valence-corrected chi connectivity index (χ1v) is 8.32. The Morgan fingerprint density at radius 1 is 1.33 bits per heavy atom. The van der Waals surface area contributed by atoms with Gasteiger partial charge < -0.3 is 10.6 Å². The molecule has 1 aromatic heterocycles. The van der Waals surface area contributed by atoms with Crippen LogP contribution in [-0.4, -0.2) is 40.2 Å². The third-order valence-electron chi connectivity index (χ3n) is 3.39. The Balaban J connectivity index is 2.30. The van der Waals surface area contributed by atoms with E-state index in [-0.39, 0.29) is 11.2 Å². The van der Waals surface area contributed by atoms with Crippen LogP contribution in [0.25, 0.3) is 10.8 Å². The Morgan fingerprint density at radius 2 is 2.00 bits per heavy atom. The fraction of sp³-hybridized carbons (Fsp3) is 0.333. The molecule has 0 fully saturated rings. The zero-order chi connectivity index (χ0) is 15.4. The molecule has 2 rings (SSSR count). The van der Waals surface area contributed by atoms with Crippen LogP contribution in [0.1, 0.15) is 17.3 Å². The van der Waals surface area contributed by atoms with Crippen LogP contribution in [0, 0.1) is 0 Å². The molecule has 21 heavy (non-hydrogen) atoms. The molecule has 2 unspecified atom stereocenters. The molecule has 2 aromatic rings. The average Bonchev–Trinajstić information content (AvgIpc) is 2.50. The first-order chi connectivity index (χ1) is 10.0. The summed E-state index contributed by atoms with van der Waals surface area (Å²) in [4.78, 5) is 16.6. The molecule has 112 valence electrons. The molecule has 0 radical (unpaired) electrons. The van der Waals surface area contributed by atoms with Gasteiger partial charge >= 0.3 is 0 Å². The Morgan fingerprint density at radius 3 is 2.62 bits per heavy atom. The number of carbonyl (C=O) groups is 1. The number of amides is 1. The van der Waals surface area contributed by atoms with Crippen molar-refractivity contribution in [3.05, 3.63) is 36.0 Å². The number of benzene rings is 1. The number of nitrogens with one attached hydrogen (secondary N) is 2. The fourth-order valence-electron chi connectivity index (χ4n) is 2.02. The molecular formula is C15H19N3O2S. The second-order valence-corrected chi connectivity index (χ2v) is 6.64. The highest BCUT2D eigenvalue weighted by Gasteiger charge is 2.14. The number of hydrogen-bond acceptors (Lipinski definition) is 4. The van der Waals surface area contributed by atoms with Crippen molar-refractivity contribution in [1.29, 1.82) is 0 Å². The van der Waals surface area contributed by atoms with Crippen molar-refractivity contribution >= 4 is 33.3 Å². The molecule has 5 nitrogen and oxygen atoms in total. The zero-order valence-electron chi connectivity index (χ0n) is 12.3. The summed E-state index contributed by atoms with van der Waals surface area (Å²) in [6.45, 7) is 2.22. The standard InChI is InChI=1S/C15H19N3O2S/c1-10(21(3)20)8-18-15(19)13-9-17-14(16-2)12-7-5-4-6-11(12)13/h4-7,9-10H,8H2,1-3H3,(H,16,17)(H,18,19). The molecule has 0 saturated heterocycles. The minimum Gasteiger partial charge on any atom is -0.373 e. The van der Waals surface area contributed by atoms with E-state index in [9.17, 15) is 9.00 Å². The van der Waals surface area contributed by atoms with E-state index >= 15 is 0 Å². The van der Waals surface area contributed by atoms with Crippen LogP contribution >= 0.6 is 0 Å². The summed E-state index contributed by atoms with van der Waals surface area (Å²) in [5.74, 6) is 0.545. The number of anilines is 1. The minimum absolute atomic E-state index is 0.0789. The number of rotatable bonds is 5. The van der Waals surface area contributed by atoms with E-state index in [1.54, 1.807) is 19.5 Å². The maximum absolute atomic E-state index is 12.3. The summed E-state index contributed by atoms with van der Waals surface area (Å²) >= 11 is 0. The summed E-state index contributed by atoms with van der Waals surface area (Å²) in [7, 11) is 0.843. The van der Waals surface area contributed by atoms with Gasteiger partial charge in [0, 0.05) is 47.5 Å². The molecule has 0 spiro atoms. The zero-order valence-corrected chi connectivity index (χ0v) is 13.2. The second kappa shape index (κ2) is 6.67. The Kier molecular flexibility index (Phi) is 4.90. The minimum atomic E-state index is -0.956. The quantitative estimate of drug-likeness (QED) is 0.883. The predicted octanol–water partition coefficient (Wildman–Crippen LogP) is 1.77. The van der Waals surface area contributed by atoms with Gasteiger partial charge in [0.1, 0.15) is 5.82 Å². The molecule has 0 bridgehead atoms. The number of nitrogens with zero attached hydrogens (tertiary/aromatic N) is 1. The highest BCUT2D eigenvalue weighted by Crippen LogP contribution is 2.23. The highest BCUT2D eigenvalue weighted by atomic mass is 32.2. The van der Waals surface area contributed by atoms with Crippen LogP contribution in [0.4, 0.5) is 5.82 Å². The molecule has 6 heteroatoms. The summed E-state index contributed by atoms with van der Waals surface area (Å²) in [6, 6.07) is 7.62. The van der Waals surface area contributed by atoms with E-state index in [1.165, 1.54) is 0 Å². The van der Waals surface area contributed by atoms with Crippen molar-refractivity contribution in [2.45, 2.75) is 12.2 Å². The smallest absolute Gasteiger partial charge is 0.253 e. The second-order valence-electron chi connectivity index (χ2n) is 4.84.